The highest BCUT2D eigenvalue weighted by Crippen LogP contribution is 2.54. The molecular formula is C34H38Cl2N2O6S. The number of thiol groups is 1. The maximum atomic E-state index is 14.7. The number of amides is 1. The predicted molar refractivity (Wildman–Crippen MR) is 175 cm³/mol. The summed E-state index contributed by atoms with van der Waals surface area (Å²) in [6.07, 6.45) is 2.10. The third kappa shape index (κ3) is 7.83. The van der Waals surface area contributed by atoms with E-state index < -0.39 is 34.4 Å². The number of carboxylic acid groups (broad SMARTS) is 1. The van der Waals surface area contributed by atoms with E-state index in [-0.39, 0.29) is 43.7 Å². The summed E-state index contributed by atoms with van der Waals surface area (Å²) in [5, 5.41) is 11.0. The number of carbonyl (C=O) groups excluding carboxylic acids is 1. The number of rotatable bonds is 13. The molecule has 11 heteroatoms. The predicted octanol–water partition coefficient (Wildman–Crippen LogP) is 6.39. The molecule has 1 amide bonds. The van der Waals surface area contributed by atoms with Gasteiger partial charge in [-0.3, -0.25) is 9.59 Å². The zero-order valence-corrected chi connectivity index (χ0v) is 27.7. The largest absolute Gasteiger partial charge is 0.497 e. The second kappa shape index (κ2) is 14.1. The monoisotopic (exact) mass is 672 g/mol. The van der Waals surface area contributed by atoms with E-state index in [0.717, 1.165) is 29.5 Å². The Morgan fingerprint density at radius 1 is 1.04 bits per heavy atom. The Balaban J connectivity index is 1.58. The van der Waals surface area contributed by atoms with Crippen molar-refractivity contribution in [3.63, 3.8) is 0 Å². The lowest BCUT2D eigenvalue weighted by Gasteiger charge is -2.52. The molecule has 1 heterocycles. The van der Waals surface area contributed by atoms with Gasteiger partial charge < -0.3 is 14.7 Å². The van der Waals surface area contributed by atoms with Gasteiger partial charge in [-0.05, 0) is 84.7 Å². The fourth-order valence-electron chi connectivity index (χ4n) is 6.73. The van der Waals surface area contributed by atoms with E-state index in [2.05, 4.69) is 0 Å². The molecule has 5 rings (SSSR count). The highest BCUT2D eigenvalue weighted by Gasteiger charge is 2.54. The molecule has 0 radical (unpaired) electrons. The normalized spacial score (nSPS) is 22.5. The van der Waals surface area contributed by atoms with Crippen LogP contribution in [0, 0.1) is 11.3 Å². The van der Waals surface area contributed by atoms with Crippen molar-refractivity contribution in [3.8, 4) is 5.75 Å². The number of halogens is 2. The molecule has 0 bridgehead atoms. The number of hydrogen-bond acceptors (Lipinski definition) is 5. The summed E-state index contributed by atoms with van der Waals surface area (Å²) in [4.78, 5) is 28.7. The zero-order chi connectivity index (χ0) is 32.3. The van der Waals surface area contributed by atoms with Crippen molar-refractivity contribution < 1.29 is 27.9 Å². The van der Waals surface area contributed by atoms with Crippen LogP contribution in [0.3, 0.4) is 0 Å². The summed E-state index contributed by atoms with van der Waals surface area (Å²) in [6, 6.07) is 21.3. The van der Waals surface area contributed by atoms with Crippen molar-refractivity contribution in [2.45, 2.75) is 57.0 Å². The maximum absolute atomic E-state index is 14.7. The van der Waals surface area contributed by atoms with Crippen molar-refractivity contribution in [1.82, 2.24) is 9.21 Å². The lowest BCUT2D eigenvalue weighted by Crippen LogP contribution is -2.59. The van der Waals surface area contributed by atoms with Gasteiger partial charge in [-0.2, -0.15) is 0 Å². The molecule has 2 aliphatic rings. The van der Waals surface area contributed by atoms with Gasteiger partial charge in [-0.25, -0.2) is 12.7 Å². The molecule has 3 aromatic carbocycles. The van der Waals surface area contributed by atoms with Gasteiger partial charge in [0.05, 0.1) is 25.0 Å². The Kier molecular flexibility index (Phi) is 10.4. The van der Waals surface area contributed by atoms with E-state index in [1.165, 1.54) is 4.31 Å². The van der Waals surface area contributed by atoms with E-state index in [1.807, 2.05) is 59.5 Å². The Bertz CT molecular complexity index is 1600. The molecule has 240 valence electrons. The van der Waals surface area contributed by atoms with Crippen LogP contribution in [0.25, 0.3) is 0 Å². The van der Waals surface area contributed by atoms with Crippen LogP contribution in [0.5, 0.6) is 5.75 Å². The number of benzene rings is 3. The van der Waals surface area contributed by atoms with E-state index in [1.54, 1.807) is 32.2 Å². The maximum Gasteiger partial charge on any atom is 0.304 e. The highest BCUT2D eigenvalue weighted by atomic mass is 35.5. The number of carboxylic acids is 1. The average molecular weight is 674 g/mol. The standard InChI is InChI=1S/C34H38Cl2N2O6S/c1-34(20-31(39)40)19-29(25-6-4-7-27(36)18-25)32(24-11-13-26(35)14-12-24)38(33(34)41)30(23-9-10-23)21-37(45(42)43)16-15-22-5-3-8-28(17-22)44-2/h3-8,11-14,17-18,23,29-30,32,45H,9-10,15-16,19-21H2,1-2H3,(H,39,40)/t29?,30?,32-,34-/m1/s1. The molecule has 1 N–H and O–H groups in total. The molecule has 1 saturated carbocycles. The van der Waals surface area contributed by atoms with Crippen molar-refractivity contribution in [1.29, 1.82) is 0 Å². The van der Waals surface area contributed by atoms with E-state index in [0.29, 0.717) is 22.2 Å². The lowest BCUT2D eigenvalue weighted by molar-refractivity contribution is -0.161. The molecule has 1 aliphatic heterocycles. The van der Waals surface area contributed by atoms with Gasteiger partial charge in [0.1, 0.15) is 5.75 Å². The van der Waals surface area contributed by atoms with Crippen LogP contribution < -0.4 is 4.74 Å². The summed E-state index contributed by atoms with van der Waals surface area (Å²) in [6.45, 7) is 2.05. The molecule has 0 spiro atoms. The molecule has 45 heavy (non-hydrogen) atoms. The fraction of sp³-hybridized carbons (Fsp3) is 0.412. The molecule has 8 nitrogen and oxygen atoms in total. The second-order valence-electron chi connectivity index (χ2n) is 12.4. The van der Waals surface area contributed by atoms with Crippen molar-refractivity contribution >= 4 is 46.0 Å². The second-order valence-corrected chi connectivity index (χ2v) is 14.3. The van der Waals surface area contributed by atoms with E-state index >= 15 is 0 Å². The van der Waals surface area contributed by atoms with Crippen molar-refractivity contribution in [3.05, 3.63) is 99.5 Å². The minimum atomic E-state index is -2.97. The number of piperidine rings is 1. The Labute approximate surface area is 276 Å². The number of nitrogens with zero attached hydrogens (tertiary/aromatic N) is 2. The van der Waals surface area contributed by atoms with Gasteiger partial charge in [0.15, 0.2) is 0 Å². The first-order valence-electron chi connectivity index (χ1n) is 15.1. The molecule has 2 fully saturated rings. The van der Waals surface area contributed by atoms with E-state index in [9.17, 15) is 23.1 Å². The Morgan fingerprint density at radius 3 is 2.38 bits per heavy atom. The van der Waals surface area contributed by atoms with Crippen LogP contribution in [-0.4, -0.2) is 60.8 Å². The molecule has 0 aromatic heterocycles. The molecular weight excluding hydrogens is 635 g/mol. The number of ether oxygens (including phenoxy) is 1. The van der Waals surface area contributed by atoms with Crippen LogP contribution in [-0.2, 0) is 26.9 Å². The molecule has 2 unspecified atom stereocenters. The van der Waals surface area contributed by atoms with Crippen LogP contribution in [0.4, 0.5) is 0 Å². The zero-order valence-electron chi connectivity index (χ0n) is 25.3. The first-order chi connectivity index (χ1) is 21.5. The van der Waals surface area contributed by atoms with Crippen molar-refractivity contribution in [2.24, 2.45) is 11.3 Å². The van der Waals surface area contributed by atoms with Crippen LogP contribution >= 0.6 is 23.2 Å². The van der Waals surface area contributed by atoms with Crippen molar-refractivity contribution in [2.75, 3.05) is 20.2 Å². The molecule has 1 aliphatic carbocycles. The fourth-order valence-corrected chi connectivity index (χ4v) is 7.62. The molecule has 1 saturated heterocycles. The summed E-state index contributed by atoms with van der Waals surface area (Å²) in [7, 11) is -1.39. The number of likely N-dealkylation sites (tertiary alicyclic amines) is 1. The van der Waals surface area contributed by atoms with Gasteiger partial charge in [-0.1, -0.05) is 66.5 Å². The number of carbonyl (C=O) groups is 2. The van der Waals surface area contributed by atoms with Gasteiger partial charge >= 0.3 is 5.97 Å². The lowest BCUT2D eigenvalue weighted by atomic mass is 9.67. The third-order valence-corrected chi connectivity index (χ3v) is 10.4. The van der Waals surface area contributed by atoms with E-state index in [4.69, 9.17) is 27.9 Å². The van der Waals surface area contributed by atoms with Crippen LogP contribution in [0.2, 0.25) is 10.0 Å². The van der Waals surface area contributed by atoms with Gasteiger partial charge in [0, 0.05) is 35.1 Å². The third-order valence-electron chi connectivity index (χ3n) is 9.08. The average Bonchev–Trinajstić information content (AvgIpc) is 3.84. The summed E-state index contributed by atoms with van der Waals surface area (Å²) in [5.41, 5.74) is 1.44. The first kappa shape index (κ1) is 33.3. The van der Waals surface area contributed by atoms with Crippen LogP contribution in [0.15, 0.2) is 72.8 Å². The minimum absolute atomic E-state index is 0.0743. The topological polar surface area (TPSA) is 104 Å². The summed E-state index contributed by atoms with van der Waals surface area (Å²) >= 11 is 12.7. The Morgan fingerprint density at radius 2 is 1.76 bits per heavy atom. The smallest absolute Gasteiger partial charge is 0.304 e. The SMILES string of the molecule is COc1cccc(CCN(CC(C2CC2)N2C(=O)[C@@](C)(CC(=O)O)CC(c3cccc(Cl)c3)[C@H]2c2ccc(Cl)cc2)[SH](=O)=O)c1. The molecule has 3 aromatic rings. The summed E-state index contributed by atoms with van der Waals surface area (Å²) in [5.74, 6) is -0.888. The quantitative estimate of drug-likeness (QED) is 0.204. The number of hydrogen-bond donors (Lipinski definition) is 2. The highest BCUT2D eigenvalue weighted by molar-refractivity contribution is 7.69. The minimum Gasteiger partial charge on any atom is -0.497 e. The Hall–Kier alpha value is -3.11. The molecule has 4 atom stereocenters. The number of methoxy groups -OCH3 is 1. The number of aliphatic carboxylic acids is 1. The van der Waals surface area contributed by atoms with Gasteiger partial charge in [-0.15, -0.1) is 0 Å². The van der Waals surface area contributed by atoms with Gasteiger partial charge in [0.25, 0.3) is 0 Å². The van der Waals surface area contributed by atoms with Gasteiger partial charge in [0.2, 0.25) is 16.8 Å². The summed E-state index contributed by atoms with van der Waals surface area (Å²) < 4.78 is 32.1. The van der Waals surface area contributed by atoms with Crippen LogP contribution in [0.1, 0.15) is 61.3 Å². The first-order valence-corrected chi connectivity index (χ1v) is 17.0.